The summed E-state index contributed by atoms with van der Waals surface area (Å²) in [6, 6.07) is 0. The second-order valence-electron chi connectivity index (χ2n) is 4.50. The highest BCUT2D eigenvalue weighted by molar-refractivity contribution is 5.22. The first-order chi connectivity index (χ1) is 6.46. The van der Waals surface area contributed by atoms with E-state index in [4.69, 9.17) is 0 Å². The Morgan fingerprint density at radius 1 is 1.36 bits per heavy atom. The zero-order valence-corrected chi connectivity index (χ0v) is 9.86. The van der Waals surface area contributed by atoms with Crippen LogP contribution in [0.4, 0.5) is 0 Å². The van der Waals surface area contributed by atoms with Crippen LogP contribution in [0.2, 0.25) is 0 Å². The van der Waals surface area contributed by atoms with Crippen LogP contribution in [-0.2, 0) is 6.54 Å². The third-order valence-corrected chi connectivity index (χ3v) is 2.91. The molecule has 0 saturated carbocycles. The second-order valence-corrected chi connectivity index (χ2v) is 4.50. The molecule has 14 heavy (non-hydrogen) atoms. The molecule has 0 atom stereocenters. The van der Waals surface area contributed by atoms with Gasteiger partial charge in [-0.05, 0) is 34.1 Å². The molecule has 0 aliphatic heterocycles. The number of hydrogen-bond acceptors (Lipinski definition) is 2. The van der Waals surface area contributed by atoms with Gasteiger partial charge in [0.2, 0.25) is 0 Å². The van der Waals surface area contributed by atoms with E-state index in [1.54, 1.807) is 0 Å². The first-order valence-corrected chi connectivity index (χ1v) is 5.21. The number of nitrogens with zero attached hydrogens (tertiary/aromatic N) is 1. The zero-order chi connectivity index (χ0) is 10.8. The molecule has 0 unspecified atom stereocenters. The Balaban J connectivity index is 2.62. The summed E-state index contributed by atoms with van der Waals surface area (Å²) < 4.78 is 0. The number of aryl methyl sites for hydroxylation is 2. The number of rotatable bonds is 4. The van der Waals surface area contributed by atoms with Crippen molar-refractivity contribution in [3.8, 4) is 0 Å². The lowest BCUT2D eigenvalue weighted by atomic mass is 10.0. The van der Waals surface area contributed by atoms with Gasteiger partial charge in [0.15, 0.2) is 0 Å². The lowest BCUT2D eigenvalue weighted by molar-refractivity contribution is 0.374. The molecule has 0 aliphatic rings. The number of H-pyrrole nitrogens is 1. The van der Waals surface area contributed by atoms with Crippen LogP contribution >= 0.6 is 0 Å². The van der Waals surface area contributed by atoms with Gasteiger partial charge >= 0.3 is 0 Å². The summed E-state index contributed by atoms with van der Waals surface area (Å²) in [6.07, 6.45) is 1.13. The van der Waals surface area contributed by atoms with Gasteiger partial charge in [-0.3, -0.25) is 5.10 Å². The van der Waals surface area contributed by atoms with Gasteiger partial charge in [0.25, 0.3) is 0 Å². The van der Waals surface area contributed by atoms with E-state index in [0.717, 1.165) is 18.7 Å². The van der Waals surface area contributed by atoms with Gasteiger partial charge < -0.3 is 5.32 Å². The molecule has 0 aliphatic carbocycles. The van der Waals surface area contributed by atoms with Gasteiger partial charge in [-0.1, -0.05) is 6.92 Å². The minimum Gasteiger partial charge on any atom is -0.308 e. The molecule has 0 saturated heterocycles. The Morgan fingerprint density at radius 3 is 2.43 bits per heavy atom. The maximum absolute atomic E-state index is 4.18. The molecular weight excluding hydrogens is 174 g/mol. The highest BCUT2D eigenvalue weighted by atomic mass is 15.1. The molecule has 1 aromatic rings. The largest absolute Gasteiger partial charge is 0.308 e. The molecule has 0 amide bonds. The first kappa shape index (κ1) is 11.2. The third-order valence-electron chi connectivity index (χ3n) is 2.91. The molecule has 0 bridgehead atoms. The average molecular weight is 195 g/mol. The van der Waals surface area contributed by atoms with Gasteiger partial charge in [-0.25, -0.2) is 0 Å². The van der Waals surface area contributed by atoms with E-state index in [9.17, 15) is 0 Å². The van der Waals surface area contributed by atoms with Crippen LogP contribution in [0.25, 0.3) is 0 Å². The molecule has 0 fully saturated rings. The topological polar surface area (TPSA) is 40.7 Å². The SMILES string of the molecule is CCC(C)(C)NCc1c(C)n[nH]c1C. The van der Waals surface area contributed by atoms with E-state index in [0.29, 0.717) is 0 Å². The van der Waals surface area contributed by atoms with Crippen molar-refractivity contribution in [3.63, 3.8) is 0 Å². The number of hydrogen-bond donors (Lipinski definition) is 2. The maximum Gasteiger partial charge on any atom is 0.0638 e. The zero-order valence-electron chi connectivity index (χ0n) is 9.86. The summed E-state index contributed by atoms with van der Waals surface area (Å²) in [5, 5.41) is 10.7. The summed E-state index contributed by atoms with van der Waals surface area (Å²) >= 11 is 0. The van der Waals surface area contributed by atoms with Gasteiger partial charge in [0.05, 0.1) is 5.69 Å². The van der Waals surface area contributed by atoms with Crippen molar-refractivity contribution >= 4 is 0 Å². The fourth-order valence-corrected chi connectivity index (χ4v) is 1.29. The summed E-state index contributed by atoms with van der Waals surface area (Å²) in [6.45, 7) is 11.6. The van der Waals surface area contributed by atoms with Crippen molar-refractivity contribution < 1.29 is 0 Å². The lowest BCUT2D eigenvalue weighted by Crippen LogP contribution is -2.38. The van der Waals surface area contributed by atoms with Crippen LogP contribution in [-0.4, -0.2) is 15.7 Å². The van der Waals surface area contributed by atoms with Crippen LogP contribution in [0.3, 0.4) is 0 Å². The highest BCUT2D eigenvalue weighted by Crippen LogP contribution is 2.12. The Hall–Kier alpha value is -0.830. The summed E-state index contributed by atoms with van der Waals surface area (Å²) in [5.74, 6) is 0. The molecule has 1 heterocycles. The lowest BCUT2D eigenvalue weighted by Gasteiger charge is -2.24. The monoisotopic (exact) mass is 195 g/mol. The molecule has 2 N–H and O–H groups in total. The van der Waals surface area contributed by atoms with Crippen molar-refractivity contribution in [2.45, 2.75) is 53.1 Å². The van der Waals surface area contributed by atoms with Gasteiger partial charge in [0, 0.05) is 23.3 Å². The first-order valence-electron chi connectivity index (χ1n) is 5.21. The second kappa shape index (κ2) is 4.13. The van der Waals surface area contributed by atoms with Crippen LogP contribution in [0.5, 0.6) is 0 Å². The van der Waals surface area contributed by atoms with Crippen LogP contribution in [0.1, 0.15) is 44.1 Å². The molecule has 1 rings (SSSR count). The Labute approximate surface area is 86.3 Å². The standard InChI is InChI=1S/C11H21N3/c1-6-11(4,5)12-7-10-8(2)13-14-9(10)3/h12H,6-7H2,1-5H3,(H,13,14). The smallest absolute Gasteiger partial charge is 0.0638 e. The minimum absolute atomic E-state index is 0.205. The van der Waals surface area contributed by atoms with Crippen molar-refractivity contribution in [1.29, 1.82) is 0 Å². The van der Waals surface area contributed by atoms with Crippen LogP contribution < -0.4 is 5.32 Å². The normalized spacial score (nSPS) is 12.1. The fraction of sp³-hybridized carbons (Fsp3) is 0.727. The van der Waals surface area contributed by atoms with E-state index < -0.39 is 0 Å². The quantitative estimate of drug-likeness (QED) is 0.774. The van der Waals surface area contributed by atoms with E-state index in [2.05, 4.69) is 43.2 Å². The summed E-state index contributed by atoms with van der Waals surface area (Å²) in [7, 11) is 0. The van der Waals surface area contributed by atoms with Crippen molar-refractivity contribution in [3.05, 3.63) is 17.0 Å². The predicted molar refractivity (Wildman–Crippen MR) is 59.3 cm³/mol. The Morgan fingerprint density at radius 2 is 2.00 bits per heavy atom. The average Bonchev–Trinajstić information content (AvgIpc) is 2.44. The Kier molecular flexibility index (Phi) is 3.32. The molecule has 1 aromatic heterocycles. The maximum atomic E-state index is 4.18. The molecular formula is C11H21N3. The minimum atomic E-state index is 0.205. The van der Waals surface area contributed by atoms with Gasteiger partial charge in [-0.15, -0.1) is 0 Å². The molecule has 0 radical (unpaired) electrons. The molecule has 0 aromatic carbocycles. The van der Waals surface area contributed by atoms with Gasteiger partial charge in [0.1, 0.15) is 0 Å². The number of aromatic nitrogens is 2. The summed E-state index contributed by atoms with van der Waals surface area (Å²) in [5.41, 5.74) is 3.77. The molecule has 3 heteroatoms. The van der Waals surface area contributed by atoms with Crippen molar-refractivity contribution in [2.24, 2.45) is 0 Å². The molecule has 80 valence electrons. The Bertz CT molecular complexity index is 280. The van der Waals surface area contributed by atoms with E-state index in [1.165, 1.54) is 11.3 Å². The summed E-state index contributed by atoms with van der Waals surface area (Å²) in [4.78, 5) is 0. The van der Waals surface area contributed by atoms with Crippen LogP contribution in [0, 0.1) is 13.8 Å². The van der Waals surface area contributed by atoms with E-state index in [1.807, 2.05) is 6.92 Å². The number of aromatic amines is 1. The number of nitrogens with one attached hydrogen (secondary N) is 2. The van der Waals surface area contributed by atoms with Crippen LogP contribution in [0.15, 0.2) is 0 Å². The fourth-order valence-electron chi connectivity index (χ4n) is 1.29. The third kappa shape index (κ3) is 2.58. The van der Waals surface area contributed by atoms with Gasteiger partial charge in [-0.2, -0.15) is 5.10 Å². The van der Waals surface area contributed by atoms with Crippen molar-refractivity contribution in [1.82, 2.24) is 15.5 Å². The van der Waals surface area contributed by atoms with E-state index in [-0.39, 0.29) is 5.54 Å². The van der Waals surface area contributed by atoms with Crippen molar-refractivity contribution in [2.75, 3.05) is 0 Å². The van der Waals surface area contributed by atoms with E-state index >= 15 is 0 Å². The highest BCUT2D eigenvalue weighted by Gasteiger charge is 2.15. The molecule has 0 spiro atoms. The molecule has 3 nitrogen and oxygen atoms in total. The predicted octanol–water partition coefficient (Wildman–Crippen LogP) is 2.30.